The molecule has 0 aliphatic rings. The van der Waals surface area contributed by atoms with Gasteiger partial charge in [0, 0.05) is 24.5 Å². The number of hydrogen-bond donors (Lipinski definition) is 1. The SMILES string of the molecule is CNc1ccnc(OCc2ccccc2)c1C(C)C. The van der Waals surface area contributed by atoms with Crippen molar-refractivity contribution in [2.75, 3.05) is 12.4 Å². The van der Waals surface area contributed by atoms with Gasteiger partial charge in [-0.15, -0.1) is 0 Å². The van der Waals surface area contributed by atoms with E-state index >= 15 is 0 Å². The molecule has 0 aliphatic carbocycles. The first-order valence-corrected chi connectivity index (χ1v) is 6.55. The number of ether oxygens (including phenoxy) is 1. The Bertz CT molecular complexity index is 524. The molecule has 3 nitrogen and oxygen atoms in total. The van der Waals surface area contributed by atoms with Crippen LogP contribution < -0.4 is 10.1 Å². The van der Waals surface area contributed by atoms with Gasteiger partial charge in [-0.1, -0.05) is 44.2 Å². The number of nitrogens with zero attached hydrogens (tertiary/aromatic N) is 1. The van der Waals surface area contributed by atoms with Gasteiger partial charge in [-0.3, -0.25) is 0 Å². The molecule has 0 spiro atoms. The van der Waals surface area contributed by atoms with Crippen molar-refractivity contribution in [1.29, 1.82) is 0 Å². The van der Waals surface area contributed by atoms with E-state index in [1.54, 1.807) is 6.20 Å². The number of anilines is 1. The third kappa shape index (κ3) is 3.25. The van der Waals surface area contributed by atoms with E-state index in [2.05, 4.69) is 36.3 Å². The lowest BCUT2D eigenvalue weighted by molar-refractivity contribution is 0.289. The standard InChI is InChI=1S/C16H20N2O/c1-12(2)15-14(17-3)9-10-18-16(15)19-11-13-7-5-4-6-8-13/h4-10,12H,11H2,1-3H3,(H,17,18). The molecular formula is C16H20N2O. The van der Waals surface area contributed by atoms with Crippen LogP contribution in [0, 0.1) is 0 Å². The van der Waals surface area contributed by atoms with Crippen LogP contribution in [0.1, 0.15) is 30.9 Å². The van der Waals surface area contributed by atoms with E-state index in [1.165, 1.54) is 0 Å². The van der Waals surface area contributed by atoms with Gasteiger partial charge in [-0.05, 0) is 17.5 Å². The highest BCUT2D eigenvalue weighted by Crippen LogP contribution is 2.31. The molecular weight excluding hydrogens is 236 g/mol. The molecule has 0 aliphatic heterocycles. The van der Waals surface area contributed by atoms with Crippen molar-refractivity contribution in [2.45, 2.75) is 26.4 Å². The molecule has 2 aromatic rings. The lowest BCUT2D eigenvalue weighted by atomic mass is 10.0. The number of nitrogens with one attached hydrogen (secondary N) is 1. The summed E-state index contributed by atoms with van der Waals surface area (Å²) in [5.74, 6) is 1.08. The fourth-order valence-electron chi connectivity index (χ4n) is 2.07. The highest BCUT2D eigenvalue weighted by Gasteiger charge is 2.13. The minimum Gasteiger partial charge on any atom is -0.473 e. The summed E-state index contributed by atoms with van der Waals surface area (Å²) >= 11 is 0. The zero-order valence-corrected chi connectivity index (χ0v) is 11.7. The topological polar surface area (TPSA) is 34.2 Å². The molecule has 0 unspecified atom stereocenters. The van der Waals surface area contributed by atoms with Gasteiger partial charge in [0.25, 0.3) is 0 Å². The second-order valence-corrected chi connectivity index (χ2v) is 4.76. The molecule has 0 saturated carbocycles. The minimum absolute atomic E-state index is 0.363. The van der Waals surface area contributed by atoms with Crippen LogP contribution in [0.4, 0.5) is 5.69 Å². The summed E-state index contributed by atoms with van der Waals surface area (Å²) in [6.07, 6.45) is 1.78. The number of benzene rings is 1. The molecule has 1 aromatic heterocycles. The zero-order valence-electron chi connectivity index (χ0n) is 11.7. The molecule has 0 radical (unpaired) electrons. The van der Waals surface area contributed by atoms with E-state index in [9.17, 15) is 0 Å². The molecule has 1 heterocycles. The van der Waals surface area contributed by atoms with Crippen LogP contribution in [-0.4, -0.2) is 12.0 Å². The summed E-state index contributed by atoms with van der Waals surface area (Å²) in [5.41, 5.74) is 3.35. The van der Waals surface area contributed by atoms with Crippen LogP contribution in [0.25, 0.3) is 0 Å². The second kappa shape index (κ2) is 6.23. The van der Waals surface area contributed by atoms with Crippen molar-refractivity contribution < 1.29 is 4.74 Å². The van der Waals surface area contributed by atoms with E-state index in [1.807, 2.05) is 31.3 Å². The number of hydrogen-bond acceptors (Lipinski definition) is 3. The van der Waals surface area contributed by atoms with Crippen LogP contribution in [0.3, 0.4) is 0 Å². The maximum Gasteiger partial charge on any atom is 0.219 e. The molecule has 2 rings (SSSR count). The summed E-state index contributed by atoms with van der Waals surface area (Å²) in [7, 11) is 1.92. The average molecular weight is 256 g/mol. The van der Waals surface area contributed by atoms with E-state index < -0.39 is 0 Å². The summed E-state index contributed by atoms with van der Waals surface area (Å²) in [5, 5.41) is 3.20. The Morgan fingerprint density at radius 3 is 2.53 bits per heavy atom. The molecule has 3 heteroatoms. The Balaban J connectivity index is 2.20. The summed E-state index contributed by atoms with van der Waals surface area (Å²) in [4.78, 5) is 4.36. The van der Waals surface area contributed by atoms with Gasteiger partial charge in [0.1, 0.15) is 6.61 Å². The predicted molar refractivity (Wildman–Crippen MR) is 78.6 cm³/mol. The first-order valence-electron chi connectivity index (χ1n) is 6.55. The van der Waals surface area contributed by atoms with Crippen molar-refractivity contribution in [3.63, 3.8) is 0 Å². The molecule has 100 valence electrons. The van der Waals surface area contributed by atoms with Gasteiger partial charge in [0.15, 0.2) is 0 Å². The smallest absolute Gasteiger partial charge is 0.219 e. The van der Waals surface area contributed by atoms with Gasteiger partial charge < -0.3 is 10.1 Å². The number of pyridine rings is 1. The van der Waals surface area contributed by atoms with E-state index in [-0.39, 0.29) is 0 Å². The maximum absolute atomic E-state index is 5.88. The van der Waals surface area contributed by atoms with Crippen molar-refractivity contribution in [2.24, 2.45) is 0 Å². The van der Waals surface area contributed by atoms with Crippen LogP contribution in [0.2, 0.25) is 0 Å². The molecule has 0 amide bonds. The molecule has 0 atom stereocenters. The Morgan fingerprint density at radius 1 is 1.16 bits per heavy atom. The van der Waals surface area contributed by atoms with Crippen LogP contribution in [0.15, 0.2) is 42.6 Å². The zero-order chi connectivity index (χ0) is 13.7. The van der Waals surface area contributed by atoms with Crippen LogP contribution >= 0.6 is 0 Å². The average Bonchev–Trinajstić information content (AvgIpc) is 2.45. The lowest BCUT2D eigenvalue weighted by Crippen LogP contribution is -2.05. The maximum atomic E-state index is 5.88. The van der Waals surface area contributed by atoms with E-state index in [0.717, 1.165) is 16.8 Å². The van der Waals surface area contributed by atoms with Gasteiger partial charge in [-0.25, -0.2) is 4.98 Å². The summed E-state index contributed by atoms with van der Waals surface area (Å²) < 4.78 is 5.88. The minimum atomic E-state index is 0.363. The fraction of sp³-hybridized carbons (Fsp3) is 0.312. The number of aromatic nitrogens is 1. The van der Waals surface area contributed by atoms with Crippen molar-refractivity contribution in [3.8, 4) is 5.88 Å². The quantitative estimate of drug-likeness (QED) is 0.883. The first-order chi connectivity index (χ1) is 9.22. The first kappa shape index (κ1) is 13.4. The Labute approximate surface area is 114 Å². The van der Waals surface area contributed by atoms with Crippen molar-refractivity contribution >= 4 is 5.69 Å². The highest BCUT2D eigenvalue weighted by atomic mass is 16.5. The van der Waals surface area contributed by atoms with Crippen molar-refractivity contribution in [1.82, 2.24) is 4.98 Å². The third-order valence-electron chi connectivity index (χ3n) is 3.02. The molecule has 1 aromatic carbocycles. The van der Waals surface area contributed by atoms with Gasteiger partial charge in [0.05, 0.1) is 0 Å². The Kier molecular flexibility index (Phi) is 4.39. The van der Waals surface area contributed by atoms with E-state index in [0.29, 0.717) is 18.4 Å². The van der Waals surface area contributed by atoms with Crippen LogP contribution in [-0.2, 0) is 6.61 Å². The van der Waals surface area contributed by atoms with E-state index in [4.69, 9.17) is 4.74 Å². The fourth-order valence-corrected chi connectivity index (χ4v) is 2.07. The molecule has 1 N–H and O–H groups in total. The molecule has 19 heavy (non-hydrogen) atoms. The highest BCUT2D eigenvalue weighted by molar-refractivity contribution is 5.55. The summed E-state index contributed by atoms with van der Waals surface area (Å²) in [6, 6.07) is 12.1. The van der Waals surface area contributed by atoms with Gasteiger partial charge in [0.2, 0.25) is 5.88 Å². The Hall–Kier alpha value is -2.03. The van der Waals surface area contributed by atoms with Crippen molar-refractivity contribution in [3.05, 3.63) is 53.7 Å². The van der Waals surface area contributed by atoms with Gasteiger partial charge >= 0.3 is 0 Å². The largest absolute Gasteiger partial charge is 0.473 e. The normalized spacial score (nSPS) is 10.5. The molecule has 0 saturated heterocycles. The lowest BCUT2D eigenvalue weighted by Gasteiger charge is -2.16. The van der Waals surface area contributed by atoms with Gasteiger partial charge in [-0.2, -0.15) is 0 Å². The second-order valence-electron chi connectivity index (χ2n) is 4.76. The number of rotatable bonds is 5. The molecule has 0 bridgehead atoms. The summed E-state index contributed by atoms with van der Waals surface area (Å²) in [6.45, 7) is 4.83. The predicted octanol–water partition coefficient (Wildman–Crippen LogP) is 3.83. The third-order valence-corrected chi connectivity index (χ3v) is 3.02. The monoisotopic (exact) mass is 256 g/mol. The molecule has 0 fully saturated rings. The Morgan fingerprint density at radius 2 is 1.89 bits per heavy atom. The van der Waals surface area contributed by atoms with Crippen LogP contribution in [0.5, 0.6) is 5.88 Å².